The summed E-state index contributed by atoms with van der Waals surface area (Å²) in [6, 6.07) is 6.78. The lowest BCUT2D eigenvalue weighted by Gasteiger charge is -2.10. The summed E-state index contributed by atoms with van der Waals surface area (Å²) in [5.74, 6) is -4.44. The summed E-state index contributed by atoms with van der Waals surface area (Å²) in [6.07, 6.45) is -4.36. The van der Waals surface area contributed by atoms with Gasteiger partial charge in [0.1, 0.15) is 11.6 Å². The van der Waals surface area contributed by atoms with E-state index in [9.17, 15) is 31.5 Å². The van der Waals surface area contributed by atoms with Crippen molar-refractivity contribution in [3.8, 4) is 0 Å². The molecule has 0 saturated heterocycles. The van der Waals surface area contributed by atoms with Gasteiger partial charge in [0.05, 0.1) is 23.1 Å². The molecule has 0 spiro atoms. The molecule has 1 saturated carbocycles. The number of alkyl halides is 3. The Morgan fingerprint density at radius 3 is 2.22 bits per heavy atom. The molecular weight excluding hydrogens is 371 g/mol. The Labute approximate surface area is 150 Å². The number of rotatable bonds is 4. The standard InChI is InChI=1S/C18H13F5N2O2/c19-10-4-5-15(14(20)7-10)25-17(27)13-8-12(13)16(26)24-11-3-1-2-9(6-11)18(21,22)23/h1-7,12-13H,8H2,(H,24,26)(H,25,27). The minimum atomic E-state index is -4.54. The highest BCUT2D eigenvalue weighted by Crippen LogP contribution is 2.40. The average molecular weight is 384 g/mol. The summed E-state index contributed by atoms with van der Waals surface area (Å²) in [5, 5.41) is 4.61. The van der Waals surface area contributed by atoms with Gasteiger partial charge in [-0.05, 0) is 36.8 Å². The fourth-order valence-corrected chi connectivity index (χ4v) is 2.60. The van der Waals surface area contributed by atoms with Crippen LogP contribution in [0.4, 0.5) is 33.3 Å². The van der Waals surface area contributed by atoms with Crippen molar-refractivity contribution in [3.05, 3.63) is 59.7 Å². The number of nitrogens with one attached hydrogen (secondary N) is 2. The maximum Gasteiger partial charge on any atom is 0.416 e. The highest BCUT2D eigenvalue weighted by atomic mass is 19.4. The Bertz CT molecular complexity index is 898. The van der Waals surface area contributed by atoms with Gasteiger partial charge in [0.2, 0.25) is 11.8 Å². The summed E-state index contributed by atoms with van der Waals surface area (Å²) in [6.45, 7) is 0. The van der Waals surface area contributed by atoms with E-state index in [1.54, 1.807) is 0 Å². The quantitative estimate of drug-likeness (QED) is 0.777. The second-order valence-corrected chi connectivity index (χ2v) is 6.13. The predicted octanol–water partition coefficient (Wildman–Crippen LogP) is 4.20. The Morgan fingerprint density at radius 1 is 0.926 bits per heavy atom. The summed E-state index contributed by atoms with van der Waals surface area (Å²) in [4.78, 5) is 24.2. The van der Waals surface area contributed by atoms with Gasteiger partial charge < -0.3 is 10.6 Å². The second kappa shape index (κ2) is 6.98. The topological polar surface area (TPSA) is 58.2 Å². The first-order chi connectivity index (χ1) is 12.6. The molecule has 2 aromatic carbocycles. The molecule has 0 bridgehead atoms. The fraction of sp³-hybridized carbons (Fsp3) is 0.222. The van der Waals surface area contributed by atoms with Crippen LogP contribution in [0.2, 0.25) is 0 Å². The van der Waals surface area contributed by atoms with Gasteiger partial charge >= 0.3 is 6.18 Å². The highest BCUT2D eigenvalue weighted by molar-refractivity contribution is 6.03. The van der Waals surface area contributed by atoms with Crippen LogP contribution in [-0.2, 0) is 15.8 Å². The molecular formula is C18H13F5N2O2. The van der Waals surface area contributed by atoms with Crippen molar-refractivity contribution in [2.75, 3.05) is 10.6 Å². The van der Waals surface area contributed by atoms with Gasteiger partial charge in [-0.2, -0.15) is 13.2 Å². The molecule has 0 radical (unpaired) electrons. The van der Waals surface area contributed by atoms with Crippen molar-refractivity contribution in [2.45, 2.75) is 12.6 Å². The number of carbonyl (C=O) groups is 2. The smallest absolute Gasteiger partial charge is 0.326 e. The first-order valence-electron chi connectivity index (χ1n) is 7.89. The van der Waals surface area contributed by atoms with Gasteiger partial charge in [-0.15, -0.1) is 0 Å². The molecule has 142 valence electrons. The van der Waals surface area contributed by atoms with E-state index in [0.717, 1.165) is 30.3 Å². The van der Waals surface area contributed by atoms with E-state index in [-0.39, 0.29) is 17.8 Å². The monoisotopic (exact) mass is 384 g/mol. The number of hydrogen-bond donors (Lipinski definition) is 2. The SMILES string of the molecule is O=C(Nc1cccc(C(F)(F)F)c1)C1CC1C(=O)Nc1ccc(F)cc1F. The molecule has 27 heavy (non-hydrogen) atoms. The van der Waals surface area contributed by atoms with Gasteiger partial charge in [0.15, 0.2) is 0 Å². The molecule has 4 nitrogen and oxygen atoms in total. The third-order valence-electron chi connectivity index (χ3n) is 4.11. The normalized spacial score (nSPS) is 18.7. The van der Waals surface area contributed by atoms with Crippen LogP contribution >= 0.6 is 0 Å². The van der Waals surface area contributed by atoms with E-state index in [4.69, 9.17) is 0 Å². The number of hydrogen-bond acceptors (Lipinski definition) is 2. The number of halogens is 5. The Balaban J connectivity index is 1.59. The van der Waals surface area contributed by atoms with Gasteiger partial charge in [-0.3, -0.25) is 9.59 Å². The minimum absolute atomic E-state index is 0.0366. The third-order valence-corrected chi connectivity index (χ3v) is 4.11. The molecule has 1 aliphatic rings. The third kappa shape index (κ3) is 4.42. The summed E-state index contributed by atoms with van der Waals surface area (Å²) in [5.41, 5.74) is -1.16. The van der Waals surface area contributed by atoms with Crippen molar-refractivity contribution in [1.29, 1.82) is 0 Å². The van der Waals surface area contributed by atoms with Gasteiger partial charge in [0.25, 0.3) is 0 Å². The number of anilines is 2. The molecule has 2 aromatic rings. The van der Waals surface area contributed by atoms with Gasteiger partial charge in [-0.25, -0.2) is 8.78 Å². The Morgan fingerprint density at radius 2 is 1.59 bits per heavy atom. The average Bonchev–Trinajstić information content (AvgIpc) is 3.38. The first-order valence-corrected chi connectivity index (χ1v) is 7.89. The van der Waals surface area contributed by atoms with Crippen LogP contribution in [0.25, 0.3) is 0 Å². The van der Waals surface area contributed by atoms with E-state index < -0.39 is 47.0 Å². The number of benzene rings is 2. The second-order valence-electron chi connectivity index (χ2n) is 6.13. The Hall–Kier alpha value is -2.97. The number of amides is 2. The van der Waals surface area contributed by atoms with Crippen molar-refractivity contribution in [3.63, 3.8) is 0 Å². The van der Waals surface area contributed by atoms with Gasteiger partial charge in [-0.1, -0.05) is 6.07 Å². The predicted molar refractivity (Wildman–Crippen MR) is 86.7 cm³/mol. The van der Waals surface area contributed by atoms with Crippen molar-refractivity contribution in [2.24, 2.45) is 11.8 Å². The Kier molecular flexibility index (Phi) is 4.86. The van der Waals surface area contributed by atoms with Crippen LogP contribution in [0, 0.1) is 23.5 Å². The lowest BCUT2D eigenvalue weighted by atomic mass is 10.2. The molecule has 0 heterocycles. The lowest BCUT2D eigenvalue weighted by Crippen LogP contribution is -2.21. The van der Waals surface area contributed by atoms with Crippen molar-refractivity contribution in [1.82, 2.24) is 0 Å². The zero-order valence-electron chi connectivity index (χ0n) is 13.6. The molecule has 0 aromatic heterocycles. The molecule has 1 fully saturated rings. The van der Waals surface area contributed by atoms with E-state index in [2.05, 4.69) is 10.6 Å². The summed E-state index contributed by atoms with van der Waals surface area (Å²) in [7, 11) is 0. The molecule has 1 aliphatic carbocycles. The zero-order valence-corrected chi connectivity index (χ0v) is 13.6. The van der Waals surface area contributed by atoms with E-state index in [0.29, 0.717) is 6.07 Å². The maximum atomic E-state index is 13.5. The van der Waals surface area contributed by atoms with Crippen molar-refractivity contribution < 1.29 is 31.5 Å². The van der Waals surface area contributed by atoms with Crippen LogP contribution < -0.4 is 10.6 Å². The minimum Gasteiger partial charge on any atom is -0.326 e. The van der Waals surface area contributed by atoms with Crippen LogP contribution in [0.5, 0.6) is 0 Å². The molecule has 2 unspecified atom stereocenters. The lowest BCUT2D eigenvalue weighted by molar-refractivity contribution is -0.137. The largest absolute Gasteiger partial charge is 0.416 e. The fourth-order valence-electron chi connectivity index (χ4n) is 2.60. The maximum absolute atomic E-state index is 13.5. The molecule has 2 atom stereocenters. The van der Waals surface area contributed by atoms with E-state index in [1.807, 2.05) is 0 Å². The van der Waals surface area contributed by atoms with Crippen LogP contribution in [0.15, 0.2) is 42.5 Å². The van der Waals surface area contributed by atoms with Crippen LogP contribution in [0.1, 0.15) is 12.0 Å². The van der Waals surface area contributed by atoms with E-state index >= 15 is 0 Å². The molecule has 2 amide bonds. The number of carbonyl (C=O) groups excluding carboxylic acids is 2. The highest BCUT2D eigenvalue weighted by Gasteiger charge is 2.48. The van der Waals surface area contributed by atoms with E-state index in [1.165, 1.54) is 6.07 Å². The van der Waals surface area contributed by atoms with Crippen molar-refractivity contribution >= 4 is 23.2 Å². The summed E-state index contributed by atoms with van der Waals surface area (Å²) < 4.78 is 64.5. The van der Waals surface area contributed by atoms with Crippen LogP contribution in [-0.4, -0.2) is 11.8 Å². The molecule has 0 aliphatic heterocycles. The molecule has 2 N–H and O–H groups in total. The molecule has 3 rings (SSSR count). The summed E-state index contributed by atoms with van der Waals surface area (Å²) >= 11 is 0. The van der Waals surface area contributed by atoms with Crippen LogP contribution in [0.3, 0.4) is 0 Å². The first kappa shape index (κ1) is 18.8. The molecule has 9 heteroatoms. The zero-order chi connectivity index (χ0) is 19.8. The van der Waals surface area contributed by atoms with Gasteiger partial charge in [0, 0.05) is 11.8 Å².